The zero-order valence-electron chi connectivity index (χ0n) is 11.0. The van der Waals surface area contributed by atoms with Crippen LogP contribution >= 0.6 is 0 Å². The van der Waals surface area contributed by atoms with Gasteiger partial charge >= 0.3 is 125 Å². The van der Waals surface area contributed by atoms with Gasteiger partial charge in [0.25, 0.3) is 0 Å². The van der Waals surface area contributed by atoms with Crippen LogP contribution in [0.3, 0.4) is 0 Å². The van der Waals surface area contributed by atoms with Crippen molar-refractivity contribution < 1.29 is 13.9 Å². The standard InChI is InChI=1S/C14H10FN3O2Se/c1-20-8-5-6-9(10(15)7-8)14(19)16-11-3-2-4-12-13(11)18-21-17-12/h2-7H,1H3,(H,16,19). The summed E-state index contributed by atoms with van der Waals surface area (Å²) in [6.45, 7) is 0. The van der Waals surface area contributed by atoms with E-state index in [1.54, 1.807) is 12.1 Å². The van der Waals surface area contributed by atoms with Gasteiger partial charge in [-0.2, -0.15) is 0 Å². The Kier molecular flexibility index (Phi) is 3.68. The first kappa shape index (κ1) is 13.7. The van der Waals surface area contributed by atoms with Gasteiger partial charge in [0.15, 0.2) is 0 Å². The normalized spacial score (nSPS) is 11.7. The number of nitrogens with one attached hydrogen (secondary N) is 1. The summed E-state index contributed by atoms with van der Waals surface area (Å²) in [5.74, 6) is -0.801. The fraction of sp³-hybridized carbons (Fsp3) is 0.0714. The number of ether oxygens (including phenoxy) is 1. The van der Waals surface area contributed by atoms with Crippen LogP contribution < -0.4 is 10.1 Å². The van der Waals surface area contributed by atoms with Gasteiger partial charge in [0.05, 0.1) is 0 Å². The second kappa shape index (κ2) is 5.63. The number of fused-ring (bicyclic) bond motifs is 1. The first-order valence-corrected chi connectivity index (χ1v) is 7.58. The Morgan fingerprint density at radius 2 is 2.14 bits per heavy atom. The van der Waals surface area contributed by atoms with Crippen molar-refractivity contribution in [3.63, 3.8) is 0 Å². The van der Waals surface area contributed by atoms with Gasteiger partial charge in [-0.05, 0) is 0 Å². The molecule has 1 heterocycles. The van der Waals surface area contributed by atoms with E-state index in [2.05, 4.69) is 13.2 Å². The molecule has 2 aromatic rings. The molecule has 0 unspecified atom stereocenters. The van der Waals surface area contributed by atoms with Crippen molar-refractivity contribution in [3.8, 4) is 5.75 Å². The summed E-state index contributed by atoms with van der Waals surface area (Å²) in [6.07, 6.45) is 0. The Morgan fingerprint density at radius 1 is 1.29 bits per heavy atom. The van der Waals surface area contributed by atoms with E-state index in [-0.39, 0.29) is 20.1 Å². The summed E-state index contributed by atoms with van der Waals surface area (Å²) in [5, 5.41) is 2.67. The van der Waals surface area contributed by atoms with E-state index in [1.807, 2.05) is 6.07 Å². The molecule has 2 aromatic carbocycles. The molecule has 0 radical (unpaired) electrons. The molecule has 0 atom stereocenters. The molecule has 0 spiro atoms. The first-order valence-electron chi connectivity index (χ1n) is 6.05. The van der Waals surface area contributed by atoms with Gasteiger partial charge in [0, 0.05) is 0 Å². The Bertz CT molecular complexity index is 801. The van der Waals surface area contributed by atoms with Crippen LogP contribution in [0.5, 0.6) is 5.75 Å². The molecule has 1 aliphatic rings. The Morgan fingerprint density at radius 3 is 2.90 bits per heavy atom. The zero-order valence-corrected chi connectivity index (χ0v) is 12.7. The minimum absolute atomic E-state index is 0.0474. The summed E-state index contributed by atoms with van der Waals surface area (Å²) in [6, 6.07) is 9.43. The topological polar surface area (TPSA) is 63.0 Å². The number of amides is 1. The van der Waals surface area contributed by atoms with E-state index in [0.717, 1.165) is 5.69 Å². The van der Waals surface area contributed by atoms with Crippen LogP contribution in [0, 0.1) is 5.82 Å². The van der Waals surface area contributed by atoms with Gasteiger partial charge in [0.1, 0.15) is 0 Å². The molecule has 0 fully saturated rings. The minimum atomic E-state index is -0.634. The monoisotopic (exact) mass is 351 g/mol. The molecule has 0 bridgehead atoms. The number of hydrogen-bond acceptors (Lipinski definition) is 4. The van der Waals surface area contributed by atoms with Crippen LogP contribution in [0.25, 0.3) is 0 Å². The van der Waals surface area contributed by atoms with Crippen LogP contribution in [0.2, 0.25) is 0 Å². The second-order valence-electron chi connectivity index (χ2n) is 4.24. The van der Waals surface area contributed by atoms with Crippen LogP contribution in [0.1, 0.15) is 10.4 Å². The summed E-state index contributed by atoms with van der Waals surface area (Å²) in [5.41, 5.74) is 1.90. The maximum absolute atomic E-state index is 13.9. The van der Waals surface area contributed by atoms with Gasteiger partial charge < -0.3 is 0 Å². The molecule has 0 saturated heterocycles. The van der Waals surface area contributed by atoms with E-state index >= 15 is 0 Å². The molecule has 7 heteroatoms. The number of carbonyl (C=O) groups excluding carboxylic acids is 1. The fourth-order valence-corrected chi connectivity index (χ4v) is 3.06. The number of halogens is 1. The average Bonchev–Trinajstić information content (AvgIpc) is 2.96. The summed E-state index contributed by atoms with van der Waals surface area (Å²) < 4.78 is 27.3. The van der Waals surface area contributed by atoms with Crippen molar-refractivity contribution >= 4 is 37.5 Å². The van der Waals surface area contributed by atoms with E-state index in [9.17, 15) is 9.18 Å². The SMILES string of the molecule is COc1ccc(C(=O)Nc2cccc3c2N=[Se]=N3)c(F)c1. The van der Waals surface area contributed by atoms with Gasteiger partial charge in [-0.25, -0.2) is 0 Å². The maximum atomic E-state index is 13.9. The van der Waals surface area contributed by atoms with E-state index in [4.69, 9.17) is 4.74 Å². The number of anilines is 1. The summed E-state index contributed by atoms with van der Waals surface area (Å²) in [4.78, 5) is 12.2. The van der Waals surface area contributed by atoms with E-state index in [0.29, 0.717) is 17.1 Å². The van der Waals surface area contributed by atoms with E-state index < -0.39 is 11.7 Å². The van der Waals surface area contributed by atoms with Crippen LogP contribution in [-0.2, 0) is 0 Å². The number of hydrogen-bond donors (Lipinski definition) is 1. The first-order chi connectivity index (χ1) is 10.2. The molecule has 0 aromatic heterocycles. The molecular formula is C14H10FN3O2Se. The number of nitrogens with zero attached hydrogens (tertiary/aromatic N) is 2. The number of carbonyl (C=O) groups is 1. The van der Waals surface area contributed by atoms with Gasteiger partial charge in [0.2, 0.25) is 0 Å². The predicted molar refractivity (Wildman–Crippen MR) is 77.3 cm³/mol. The molecule has 1 aliphatic heterocycles. The van der Waals surface area contributed by atoms with Crippen molar-refractivity contribution in [2.24, 2.45) is 7.92 Å². The molecule has 0 aliphatic carbocycles. The number of rotatable bonds is 3. The van der Waals surface area contributed by atoms with Gasteiger partial charge in [-0.1, -0.05) is 0 Å². The molecule has 21 heavy (non-hydrogen) atoms. The third kappa shape index (κ3) is 2.65. The third-order valence-corrected chi connectivity index (χ3v) is 4.09. The van der Waals surface area contributed by atoms with Crippen molar-refractivity contribution in [3.05, 3.63) is 47.8 Å². The Hall–Kier alpha value is -2.24. The molecule has 106 valence electrons. The molecule has 1 N–H and O–H groups in total. The quantitative estimate of drug-likeness (QED) is 0.736. The van der Waals surface area contributed by atoms with Crippen LogP contribution in [0.4, 0.5) is 21.5 Å². The van der Waals surface area contributed by atoms with Crippen molar-refractivity contribution in [1.82, 2.24) is 0 Å². The Labute approximate surface area is 125 Å². The summed E-state index contributed by atoms with van der Waals surface area (Å²) in [7, 11) is 1.44. The molecule has 1 amide bonds. The third-order valence-electron chi connectivity index (χ3n) is 2.96. The van der Waals surface area contributed by atoms with Crippen molar-refractivity contribution in [2.45, 2.75) is 0 Å². The molecule has 5 nitrogen and oxygen atoms in total. The predicted octanol–water partition coefficient (Wildman–Crippen LogP) is 3.43. The summed E-state index contributed by atoms with van der Waals surface area (Å²) >= 11 is -0.186. The van der Waals surface area contributed by atoms with Crippen LogP contribution in [-0.4, -0.2) is 27.6 Å². The molecular weight excluding hydrogens is 340 g/mol. The molecule has 3 rings (SSSR count). The van der Waals surface area contributed by atoms with Gasteiger partial charge in [-0.15, -0.1) is 0 Å². The molecule has 0 saturated carbocycles. The van der Waals surface area contributed by atoms with Gasteiger partial charge in [-0.3, -0.25) is 0 Å². The number of methoxy groups -OCH3 is 1. The fourth-order valence-electron chi connectivity index (χ4n) is 1.90. The van der Waals surface area contributed by atoms with Crippen molar-refractivity contribution in [1.29, 1.82) is 0 Å². The second-order valence-corrected chi connectivity index (χ2v) is 5.35. The average molecular weight is 350 g/mol. The van der Waals surface area contributed by atoms with Crippen LogP contribution in [0.15, 0.2) is 44.3 Å². The van der Waals surface area contributed by atoms with Crippen molar-refractivity contribution in [2.75, 3.05) is 12.4 Å². The zero-order chi connectivity index (χ0) is 14.8. The van der Waals surface area contributed by atoms with E-state index in [1.165, 1.54) is 25.3 Å². The Balaban J connectivity index is 1.88. The number of benzene rings is 2.